The maximum Gasteiger partial charge on any atom is 0.130 e. The SMILES string of the molecule is COc1cc(OC)c(CNC(C)CCC(C)C)c(OC)c1. The lowest BCUT2D eigenvalue weighted by atomic mass is 10.0. The molecule has 0 heterocycles. The van der Waals surface area contributed by atoms with Gasteiger partial charge in [-0.1, -0.05) is 13.8 Å². The van der Waals surface area contributed by atoms with Gasteiger partial charge in [0.1, 0.15) is 17.2 Å². The summed E-state index contributed by atoms with van der Waals surface area (Å²) in [5.74, 6) is 3.05. The Morgan fingerprint density at radius 1 is 0.905 bits per heavy atom. The first kappa shape index (κ1) is 17.6. The first-order valence-electron chi connectivity index (χ1n) is 7.54. The van der Waals surface area contributed by atoms with E-state index in [-0.39, 0.29) is 0 Å². The summed E-state index contributed by atoms with van der Waals surface area (Å²) in [5, 5.41) is 3.54. The summed E-state index contributed by atoms with van der Waals surface area (Å²) in [6, 6.07) is 4.24. The number of ether oxygens (including phenoxy) is 3. The fraction of sp³-hybridized carbons (Fsp3) is 0.647. The van der Waals surface area contributed by atoms with Gasteiger partial charge in [0, 0.05) is 24.7 Å². The van der Waals surface area contributed by atoms with Crippen LogP contribution in [0.3, 0.4) is 0 Å². The molecule has 0 amide bonds. The predicted octanol–water partition coefficient (Wildman–Crippen LogP) is 3.63. The number of benzene rings is 1. The van der Waals surface area contributed by atoms with E-state index in [0.717, 1.165) is 35.3 Å². The van der Waals surface area contributed by atoms with E-state index >= 15 is 0 Å². The average molecular weight is 295 g/mol. The summed E-state index contributed by atoms with van der Waals surface area (Å²) < 4.78 is 16.2. The Morgan fingerprint density at radius 2 is 1.48 bits per heavy atom. The van der Waals surface area contributed by atoms with Crippen molar-refractivity contribution in [1.82, 2.24) is 5.32 Å². The molecule has 0 fully saturated rings. The molecule has 0 radical (unpaired) electrons. The highest BCUT2D eigenvalue weighted by atomic mass is 16.5. The summed E-state index contributed by atoms with van der Waals surface area (Å²) in [4.78, 5) is 0. The predicted molar refractivity (Wildman–Crippen MR) is 86.5 cm³/mol. The van der Waals surface area contributed by atoms with Gasteiger partial charge < -0.3 is 19.5 Å². The van der Waals surface area contributed by atoms with Crippen LogP contribution in [0.5, 0.6) is 17.2 Å². The van der Waals surface area contributed by atoms with Crippen molar-refractivity contribution in [3.05, 3.63) is 17.7 Å². The second-order valence-corrected chi connectivity index (χ2v) is 5.76. The standard InChI is InChI=1S/C17H29NO3/c1-12(2)7-8-13(3)18-11-15-16(20-5)9-14(19-4)10-17(15)21-6/h9-10,12-13,18H,7-8,11H2,1-6H3. The molecule has 0 spiro atoms. The molecule has 1 N–H and O–H groups in total. The number of rotatable bonds is 9. The molecule has 0 saturated carbocycles. The zero-order valence-electron chi connectivity index (χ0n) is 14.2. The molecule has 1 rings (SSSR count). The lowest BCUT2D eigenvalue weighted by Gasteiger charge is -2.19. The van der Waals surface area contributed by atoms with Gasteiger partial charge in [0.05, 0.1) is 26.9 Å². The van der Waals surface area contributed by atoms with E-state index < -0.39 is 0 Å². The molecule has 0 bridgehead atoms. The van der Waals surface area contributed by atoms with Gasteiger partial charge in [-0.2, -0.15) is 0 Å². The Morgan fingerprint density at radius 3 is 1.90 bits per heavy atom. The van der Waals surface area contributed by atoms with Crippen LogP contribution in [0.15, 0.2) is 12.1 Å². The smallest absolute Gasteiger partial charge is 0.130 e. The van der Waals surface area contributed by atoms with Gasteiger partial charge >= 0.3 is 0 Å². The fourth-order valence-electron chi connectivity index (χ4n) is 2.21. The minimum absolute atomic E-state index is 0.462. The Bertz CT molecular complexity index is 407. The van der Waals surface area contributed by atoms with Crippen LogP contribution < -0.4 is 19.5 Å². The summed E-state index contributed by atoms with van der Waals surface area (Å²) >= 11 is 0. The second kappa shape index (κ2) is 8.78. The van der Waals surface area contributed by atoms with E-state index in [1.54, 1.807) is 21.3 Å². The van der Waals surface area contributed by atoms with Crippen molar-refractivity contribution in [3.63, 3.8) is 0 Å². The molecule has 4 heteroatoms. The van der Waals surface area contributed by atoms with E-state index in [2.05, 4.69) is 26.1 Å². The number of nitrogens with one attached hydrogen (secondary N) is 1. The third kappa shape index (κ3) is 5.46. The number of hydrogen-bond acceptors (Lipinski definition) is 4. The van der Waals surface area contributed by atoms with Crippen molar-refractivity contribution >= 4 is 0 Å². The molecule has 0 aromatic heterocycles. The van der Waals surface area contributed by atoms with Crippen molar-refractivity contribution in [2.75, 3.05) is 21.3 Å². The van der Waals surface area contributed by atoms with Crippen LogP contribution in [0, 0.1) is 5.92 Å². The van der Waals surface area contributed by atoms with Crippen molar-refractivity contribution in [2.24, 2.45) is 5.92 Å². The zero-order valence-corrected chi connectivity index (χ0v) is 14.2. The van der Waals surface area contributed by atoms with Crippen LogP contribution >= 0.6 is 0 Å². The fourth-order valence-corrected chi connectivity index (χ4v) is 2.21. The van der Waals surface area contributed by atoms with Gasteiger partial charge in [-0.15, -0.1) is 0 Å². The van der Waals surface area contributed by atoms with E-state index in [1.807, 2.05) is 12.1 Å². The molecular weight excluding hydrogens is 266 g/mol. The maximum atomic E-state index is 5.46. The van der Waals surface area contributed by atoms with Crippen molar-refractivity contribution in [3.8, 4) is 17.2 Å². The lowest BCUT2D eigenvalue weighted by Crippen LogP contribution is -2.26. The Kier molecular flexibility index (Phi) is 7.37. The van der Waals surface area contributed by atoms with Gasteiger partial charge in [0.15, 0.2) is 0 Å². The molecule has 120 valence electrons. The van der Waals surface area contributed by atoms with Crippen LogP contribution in [0.4, 0.5) is 0 Å². The van der Waals surface area contributed by atoms with Crippen LogP contribution in [-0.4, -0.2) is 27.4 Å². The van der Waals surface area contributed by atoms with E-state index in [9.17, 15) is 0 Å². The van der Waals surface area contributed by atoms with Crippen LogP contribution in [0.2, 0.25) is 0 Å². The van der Waals surface area contributed by atoms with Gasteiger partial charge in [-0.25, -0.2) is 0 Å². The highest BCUT2D eigenvalue weighted by molar-refractivity contribution is 5.50. The van der Waals surface area contributed by atoms with Crippen LogP contribution in [0.1, 0.15) is 39.2 Å². The van der Waals surface area contributed by atoms with Gasteiger partial charge in [-0.05, 0) is 25.7 Å². The minimum atomic E-state index is 0.462. The first-order valence-corrected chi connectivity index (χ1v) is 7.54. The summed E-state index contributed by atoms with van der Waals surface area (Å²) in [6.45, 7) is 7.44. The van der Waals surface area contributed by atoms with Crippen molar-refractivity contribution in [1.29, 1.82) is 0 Å². The largest absolute Gasteiger partial charge is 0.496 e. The summed E-state index contributed by atoms with van der Waals surface area (Å²) in [7, 11) is 4.97. The normalized spacial score (nSPS) is 12.3. The lowest BCUT2D eigenvalue weighted by molar-refractivity contribution is 0.363. The molecule has 1 aromatic carbocycles. The van der Waals surface area contributed by atoms with Crippen molar-refractivity contribution in [2.45, 2.75) is 46.2 Å². The topological polar surface area (TPSA) is 39.7 Å². The molecular formula is C17H29NO3. The molecule has 1 unspecified atom stereocenters. The second-order valence-electron chi connectivity index (χ2n) is 5.76. The van der Waals surface area contributed by atoms with Crippen LogP contribution in [0.25, 0.3) is 0 Å². The summed E-state index contributed by atoms with van der Waals surface area (Å²) in [6.07, 6.45) is 2.39. The summed E-state index contributed by atoms with van der Waals surface area (Å²) in [5.41, 5.74) is 1.03. The Labute approximate surface area is 128 Å². The molecule has 0 saturated heterocycles. The average Bonchev–Trinajstić information content (AvgIpc) is 2.49. The molecule has 0 aliphatic carbocycles. The monoisotopic (exact) mass is 295 g/mol. The Hall–Kier alpha value is -1.42. The quantitative estimate of drug-likeness (QED) is 0.755. The zero-order chi connectivity index (χ0) is 15.8. The number of hydrogen-bond donors (Lipinski definition) is 1. The van der Waals surface area contributed by atoms with Crippen molar-refractivity contribution < 1.29 is 14.2 Å². The van der Waals surface area contributed by atoms with Gasteiger partial charge in [0.2, 0.25) is 0 Å². The minimum Gasteiger partial charge on any atom is -0.496 e. The molecule has 1 atom stereocenters. The third-order valence-corrected chi connectivity index (χ3v) is 3.62. The van der Waals surface area contributed by atoms with E-state index in [1.165, 1.54) is 12.8 Å². The third-order valence-electron chi connectivity index (χ3n) is 3.62. The highest BCUT2D eigenvalue weighted by Crippen LogP contribution is 2.34. The van der Waals surface area contributed by atoms with E-state index in [0.29, 0.717) is 6.04 Å². The molecule has 1 aromatic rings. The van der Waals surface area contributed by atoms with Crippen LogP contribution in [-0.2, 0) is 6.54 Å². The van der Waals surface area contributed by atoms with E-state index in [4.69, 9.17) is 14.2 Å². The molecule has 0 aliphatic heterocycles. The highest BCUT2D eigenvalue weighted by Gasteiger charge is 2.14. The Balaban J connectivity index is 2.77. The van der Waals surface area contributed by atoms with Gasteiger partial charge in [0.25, 0.3) is 0 Å². The molecule has 0 aliphatic rings. The molecule has 21 heavy (non-hydrogen) atoms. The molecule has 4 nitrogen and oxygen atoms in total. The van der Waals surface area contributed by atoms with Gasteiger partial charge in [-0.3, -0.25) is 0 Å². The number of methoxy groups -OCH3 is 3. The maximum absolute atomic E-state index is 5.46. The first-order chi connectivity index (χ1) is 10.0.